The normalized spacial score (nSPS) is 35.4. The molecule has 4 fully saturated rings. The van der Waals surface area contributed by atoms with Crippen LogP contribution in [-0.4, -0.2) is 28.8 Å². The van der Waals surface area contributed by atoms with E-state index in [-0.39, 0.29) is 17.4 Å². The van der Waals surface area contributed by atoms with Gasteiger partial charge in [-0.1, -0.05) is 24.3 Å². The highest BCUT2D eigenvalue weighted by molar-refractivity contribution is 6.35. The lowest BCUT2D eigenvalue weighted by Crippen LogP contribution is -2.62. The van der Waals surface area contributed by atoms with Gasteiger partial charge in [-0.3, -0.25) is 9.59 Å². The summed E-state index contributed by atoms with van der Waals surface area (Å²) in [5, 5.41) is 3.22. The molecule has 4 nitrogen and oxygen atoms in total. The molecule has 132 valence electrons. The maximum atomic E-state index is 12.7. The summed E-state index contributed by atoms with van der Waals surface area (Å²) < 4.78 is 0. The molecule has 4 heteroatoms. The first-order valence-corrected chi connectivity index (χ1v) is 9.78. The number of amides is 2. The van der Waals surface area contributed by atoms with E-state index in [0.717, 1.165) is 43.4 Å². The number of hydrogen-bond acceptors (Lipinski definition) is 2. The molecule has 0 spiro atoms. The third-order valence-corrected chi connectivity index (χ3v) is 7.03. The number of nitrogens with one attached hydrogen (secondary N) is 1. The molecule has 0 saturated heterocycles. The van der Waals surface area contributed by atoms with Crippen molar-refractivity contribution in [2.45, 2.75) is 57.0 Å². The Morgan fingerprint density at radius 2 is 1.56 bits per heavy atom. The van der Waals surface area contributed by atoms with Crippen molar-refractivity contribution < 1.29 is 9.59 Å². The molecular weight excluding hydrogens is 312 g/mol. The van der Waals surface area contributed by atoms with E-state index in [0.29, 0.717) is 13.1 Å². The van der Waals surface area contributed by atoms with Crippen LogP contribution in [0.25, 0.3) is 0 Å². The van der Waals surface area contributed by atoms with Gasteiger partial charge in [0.1, 0.15) is 0 Å². The number of carbonyl (C=O) groups is 2. The zero-order valence-electron chi connectivity index (χ0n) is 14.7. The minimum Gasteiger partial charge on any atom is -0.342 e. The predicted molar refractivity (Wildman–Crippen MR) is 94.6 cm³/mol. The first-order valence-electron chi connectivity index (χ1n) is 9.78. The van der Waals surface area contributed by atoms with Gasteiger partial charge in [0.2, 0.25) is 0 Å². The molecule has 1 aromatic carbocycles. The molecule has 0 atom stereocenters. The van der Waals surface area contributed by atoms with Crippen LogP contribution in [-0.2, 0) is 22.6 Å². The highest BCUT2D eigenvalue weighted by Gasteiger charge is 2.52. The first-order chi connectivity index (χ1) is 12.1. The SMILES string of the molecule is O=C(NC12CC3CC(CC(C3)C1)C2)C(=O)N1CCc2ccccc2C1. The third kappa shape index (κ3) is 2.66. The summed E-state index contributed by atoms with van der Waals surface area (Å²) >= 11 is 0. The molecule has 1 aromatic rings. The maximum Gasteiger partial charge on any atom is 0.312 e. The van der Waals surface area contributed by atoms with Gasteiger partial charge in [-0.2, -0.15) is 0 Å². The molecule has 25 heavy (non-hydrogen) atoms. The summed E-state index contributed by atoms with van der Waals surface area (Å²) in [5.41, 5.74) is 2.38. The van der Waals surface area contributed by atoms with Crippen LogP contribution >= 0.6 is 0 Å². The molecule has 6 rings (SSSR count). The summed E-state index contributed by atoms with van der Waals surface area (Å²) in [6.07, 6.45) is 8.11. The zero-order chi connectivity index (χ0) is 17.0. The smallest absolute Gasteiger partial charge is 0.312 e. The summed E-state index contributed by atoms with van der Waals surface area (Å²) in [6, 6.07) is 8.22. The Bertz CT molecular complexity index is 691. The quantitative estimate of drug-likeness (QED) is 0.801. The van der Waals surface area contributed by atoms with Crippen LogP contribution < -0.4 is 5.32 Å². The van der Waals surface area contributed by atoms with Crippen LogP contribution in [0.1, 0.15) is 49.7 Å². The average Bonchev–Trinajstić information content (AvgIpc) is 2.59. The largest absolute Gasteiger partial charge is 0.342 e. The lowest BCUT2D eigenvalue weighted by atomic mass is 9.53. The van der Waals surface area contributed by atoms with Crippen LogP contribution in [0.5, 0.6) is 0 Å². The fraction of sp³-hybridized carbons (Fsp3) is 0.619. The first kappa shape index (κ1) is 15.4. The Kier molecular flexibility index (Phi) is 3.44. The highest BCUT2D eigenvalue weighted by atomic mass is 16.2. The second-order valence-corrected chi connectivity index (χ2v) is 8.90. The Hall–Kier alpha value is -1.84. The summed E-state index contributed by atoms with van der Waals surface area (Å²) in [7, 11) is 0. The molecule has 0 unspecified atom stereocenters. The van der Waals surface area contributed by atoms with Gasteiger partial charge in [0.25, 0.3) is 0 Å². The van der Waals surface area contributed by atoms with Gasteiger partial charge < -0.3 is 10.2 Å². The van der Waals surface area contributed by atoms with Crippen LogP contribution in [0.2, 0.25) is 0 Å². The van der Waals surface area contributed by atoms with Gasteiger partial charge in [-0.25, -0.2) is 0 Å². The number of hydrogen-bond donors (Lipinski definition) is 1. The molecular formula is C21H26N2O2. The maximum absolute atomic E-state index is 12.7. The number of fused-ring (bicyclic) bond motifs is 1. The van der Waals surface area contributed by atoms with Crippen LogP contribution in [0.15, 0.2) is 24.3 Å². The van der Waals surface area contributed by atoms with Crippen molar-refractivity contribution in [3.63, 3.8) is 0 Å². The highest BCUT2D eigenvalue weighted by Crippen LogP contribution is 2.55. The van der Waals surface area contributed by atoms with E-state index in [1.54, 1.807) is 4.90 Å². The second kappa shape index (κ2) is 5.58. The molecule has 5 aliphatic rings. The van der Waals surface area contributed by atoms with E-state index in [9.17, 15) is 9.59 Å². The molecule has 1 N–H and O–H groups in total. The van der Waals surface area contributed by atoms with Crippen LogP contribution in [0, 0.1) is 17.8 Å². The molecule has 4 saturated carbocycles. The Balaban J connectivity index is 1.28. The van der Waals surface area contributed by atoms with E-state index in [1.165, 1.54) is 30.4 Å². The molecule has 0 aromatic heterocycles. The van der Waals surface area contributed by atoms with E-state index in [1.807, 2.05) is 12.1 Å². The van der Waals surface area contributed by atoms with E-state index < -0.39 is 0 Å². The van der Waals surface area contributed by atoms with Crippen molar-refractivity contribution >= 4 is 11.8 Å². The zero-order valence-corrected chi connectivity index (χ0v) is 14.7. The van der Waals surface area contributed by atoms with Crippen LogP contribution in [0.3, 0.4) is 0 Å². The predicted octanol–water partition coefficient (Wildman–Crippen LogP) is 2.66. The van der Waals surface area contributed by atoms with Crippen molar-refractivity contribution in [2.75, 3.05) is 6.54 Å². The molecule has 4 bridgehead atoms. The van der Waals surface area contributed by atoms with Crippen molar-refractivity contribution in [3.05, 3.63) is 35.4 Å². The molecule has 0 radical (unpaired) electrons. The van der Waals surface area contributed by atoms with Crippen molar-refractivity contribution in [2.24, 2.45) is 17.8 Å². The molecule has 2 amide bonds. The Labute approximate surface area is 149 Å². The number of carbonyl (C=O) groups excluding carboxylic acids is 2. The van der Waals surface area contributed by atoms with Gasteiger partial charge in [0.15, 0.2) is 0 Å². The van der Waals surface area contributed by atoms with Crippen LogP contribution in [0.4, 0.5) is 0 Å². The number of benzene rings is 1. The fourth-order valence-electron chi connectivity index (χ4n) is 6.37. The topological polar surface area (TPSA) is 49.4 Å². The summed E-state index contributed by atoms with van der Waals surface area (Å²) in [4.78, 5) is 27.2. The standard InChI is InChI=1S/C21H26N2O2/c24-19(20(25)23-6-5-17-3-1-2-4-18(17)13-23)22-21-10-14-7-15(11-21)9-16(8-14)12-21/h1-4,14-16H,5-13H2,(H,22,24). The van der Waals surface area contributed by atoms with Crippen molar-refractivity contribution in [3.8, 4) is 0 Å². The van der Waals surface area contributed by atoms with Crippen molar-refractivity contribution in [1.29, 1.82) is 0 Å². The minimum atomic E-state index is -0.374. The number of nitrogens with zero attached hydrogens (tertiary/aromatic N) is 1. The summed E-state index contributed by atoms with van der Waals surface area (Å²) in [6.45, 7) is 1.20. The van der Waals surface area contributed by atoms with E-state index in [2.05, 4.69) is 17.4 Å². The van der Waals surface area contributed by atoms with Gasteiger partial charge in [-0.15, -0.1) is 0 Å². The lowest BCUT2D eigenvalue weighted by Gasteiger charge is -2.56. The van der Waals surface area contributed by atoms with Gasteiger partial charge in [-0.05, 0) is 73.8 Å². The Morgan fingerprint density at radius 3 is 2.20 bits per heavy atom. The van der Waals surface area contributed by atoms with Gasteiger partial charge in [0.05, 0.1) is 0 Å². The van der Waals surface area contributed by atoms with E-state index in [4.69, 9.17) is 0 Å². The molecule has 4 aliphatic carbocycles. The average molecular weight is 338 g/mol. The second-order valence-electron chi connectivity index (χ2n) is 8.90. The van der Waals surface area contributed by atoms with Gasteiger partial charge >= 0.3 is 11.8 Å². The van der Waals surface area contributed by atoms with Crippen molar-refractivity contribution in [1.82, 2.24) is 10.2 Å². The lowest BCUT2D eigenvalue weighted by molar-refractivity contribution is -0.149. The minimum absolute atomic E-state index is 0.0881. The summed E-state index contributed by atoms with van der Waals surface area (Å²) in [5.74, 6) is 1.59. The van der Waals surface area contributed by atoms with Gasteiger partial charge in [0, 0.05) is 18.6 Å². The fourth-order valence-corrected chi connectivity index (χ4v) is 6.37. The molecule has 1 heterocycles. The number of rotatable bonds is 1. The van der Waals surface area contributed by atoms with E-state index >= 15 is 0 Å². The Morgan fingerprint density at radius 1 is 0.960 bits per heavy atom. The molecule has 1 aliphatic heterocycles. The monoisotopic (exact) mass is 338 g/mol. The third-order valence-electron chi connectivity index (χ3n) is 7.03.